The maximum absolute atomic E-state index is 13.1. The summed E-state index contributed by atoms with van der Waals surface area (Å²) in [6.45, 7) is 7.58. The van der Waals surface area contributed by atoms with E-state index in [0.717, 1.165) is 34.7 Å². The van der Waals surface area contributed by atoms with E-state index in [2.05, 4.69) is 15.1 Å². The first-order chi connectivity index (χ1) is 13.0. The monoisotopic (exact) mass is 408 g/mol. The second-order valence-corrected chi connectivity index (χ2v) is 10.9. The lowest BCUT2D eigenvalue weighted by Gasteiger charge is -2.39. The summed E-state index contributed by atoms with van der Waals surface area (Å²) in [4.78, 5) is 3.47. The highest BCUT2D eigenvalue weighted by atomic mass is 32.2. The zero-order chi connectivity index (χ0) is 19.0. The lowest BCUT2D eigenvalue weighted by molar-refractivity contribution is 0.118. The van der Waals surface area contributed by atoms with E-state index >= 15 is 0 Å². The molecule has 0 atom stereocenters. The minimum absolute atomic E-state index is 0.425. The smallest absolute Gasteiger partial charge is 0.252 e. The molecular weight excluding hydrogens is 380 g/mol. The van der Waals surface area contributed by atoms with Crippen LogP contribution in [0.15, 0.2) is 16.3 Å². The van der Waals surface area contributed by atoms with Crippen molar-refractivity contribution in [1.82, 2.24) is 19.4 Å². The maximum Gasteiger partial charge on any atom is 0.252 e. The predicted molar refractivity (Wildman–Crippen MR) is 109 cm³/mol. The summed E-state index contributed by atoms with van der Waals surface area (Å²) in [7, 11) is -3.41. The van der Waals surface area contributed by atoms with Gasteiger partial charge in [0.25, 0.3) is 10.0 Å². The molecule has 0 aliphatic carbocycles. The van der Waals surface area contributed by atoms with E-state index in [4.69, 9.17) is 0 Å². The highest BCUT2D eigenvalue weighted by Gasteiger charge is 2.33. The molecule has 2 aromatic rings. The van der Waals surface area contributed by atoms with Gasteiger partial charge < -0.3 is 4.90 Å². The number of aryl methyl sites for hydroxylation is 1. The van der Waals surface area contributed by atoms with E-state index in [1.54, 1.807) is 10.4 Å². The van der Waals surface area contributed by atoms with Crippen molar-refractivity contribution in [3.8, 4) is 10.6 Å². The van der Waals surface area contributed by atoms with Crippen molar-refractivity contribution in [2.45, 2.75) is 56.2 Å². The summed E-state index contributed by atoms with van der Waals surface area (Å²) in [5.41, 5.74) is 2.94. The number of aromatic nitrogens is 2. The van der Waals surface area contributed by atoms with Gasteiger partial charge >= 0.3 is 0 Å². The molecule has 2 aromatic heterocycles. The van der Waals surface area contributed by atoms with Crippen LogP contribution in [0.2, 0.25) is 0 Å². The standard InChI is InChI=1S/C19H28N4O2S2/c1-14-15(2)20-21-19(14)17-6-7-18(26-17)27(24,25)23-12-8-16(9-13-23)22-10-4-3-5-11-22/h6-7,16H,3-5,8-13H2,1-2H3,(H,20,21). The van der Waals surface area contributed by atoms with Crippen LogP contribution in [0, 0.1) is 13.8 Å². The van der Waals surface area contributed by atoms with Crippen LogP contribution >= 0.6 is 11.3 Å². The molecule has 0 spiro atoms. The largest absolute Gasteiger partial charge is 0.300 e. The second kappa shape index (κ2) is 7.66. The third-order valence-corrected chi connectivity index (χ3v) is 9.45. The molecule has 2 saturated heterocycles. The van der Waals surface area contributed by atoms with Crippen LogP contribution < -0.4 is 0 Å². The van der Waals surface area contributed by atoms with Crippen LogP contribution in [0.1, 0.15) is 43.4 Å². The number of nitrogens with one attached hydrogen (secondary N) is 1. The number of nitrogens with zero attached hydrogens (tertiary/aromatic N) is 3. The number of piperidine rings is 2. The molecule has 8 heteroatoms. The topological polar surface area (TPSA) is 69.3 Å². The van der Waals surface area contributed by atoms with Crippen molar-refractivity contribution in [2.75, 3.05) is 26.2 Å². The minimum atomic E-state index is -3.41. The number of hydrogen-bond acceptors (Lipinski definition) is 5. The molecule has 2 aliphatic rings. The van der Waals surface area contributed by atoms with Gasteiger partial charge in [0.2, 0.25) is 0 Å². The van der Waals surface area contributed by atoms with Crippen molar-refractivity contribution in [3.63, 3.8) is 0 Å². The van der Waals surface area contributed by atoms with Crippen LogP contribution in [-0.4, -0.2) is 60.0 Å². The van der Waals surface area contributed by atoms with Crippen LogP contribution in [0.5, 0.6) is 0 Å². The summed E-state index contributed by atoms with van der Waals surface area (Å²) < 4.78 is 28.3. The molecule has 0 aromatic carbocycles. The van der Waals surface area contributed by atoms with E-state index in [1.807, 2.05) is 19.9 Å². The lowest BCUT2D eigenvalue weighted by atomic mass is 10.0. The second-order valence-electron chi connectivity index (χ2n) is 7.67. The molecule has 6 nitrogen and oxygen atoms in total. The first-order valence-electron chi connectivity index (χ1n) is 9.83. The Morgan fingerprint density at radius 2 is 1.78 bits per heavy atom. The van der Waals surface area contributed by atoms with Crippen molar-refractivity contribution < 1.29 is 8.42 Å². The molecule has 148 valence electrons. The zero-order valence-corrected chi connectivity index (χ0v) is 17.7. The minimum Gasteiger partial charge on any atom is -0.300 e. The molecule has 0 amide bonds. The molecule has 1 N–H and O–H groups in total. The number of hydrogen-bond donors (Lipinski definition) is 1. The van der Waals surface area contributed by atoms with Crippen LogP contribution in [-0.2, 0) is 10.0 Å². The van der Waals surface area contributed by atoms with Crippen molar-refractivity contribution in [1.29, 1.82) is 0 Å². The first-order valence-corrected chi connectivity index (χ1v) is 12.1. The van der Waals surface area contributed by atoms with E-state index in [1.165, 1.54) is 43.7 Å². The highest BCUT2D eigenvalue weighted by molar-refractivity contribution is 7.91. The van der Waals surface area contributed by atoms with Gasteiger partial charge in [-0.15, -0.1) is 11.3 Å². The van der Waals surface area contributed by atoms with Crippen LogP contribution in [0.25, 0.3) is 10.6 Å². The molecule has 27 heavy (non-hydrogen) atoms. The van der Waals surface area contributed by atoms with E-state index in [-0.39, 0.29) is 0 Å². The fraction of sp³-hybridized carbons (Fsp3) is 0.632. The summed E-state index contributed by atoms with van der Waals surface area (Å²) in [6.07, 6.45) is 5.77. The molecule has 4 heterocycles. The van der Waals surface area contributed by atoms with Gasteiger partial charge in [-0.25, -0.2) is 8.42 Å². The normalized spacial score (nSPS) is 21.0. The fourth-order valence-electron chi connectivity index (χ4n) is 4.17. The Labute approximate surface area is 165 Å². The zero-order valence-electron chi connectivity index (χ0n) is 16.1. The van der Waals surface area contributed by atoms with Crippen molar-refractivity contribution >= 4 is 21.4 Å². The SMILES string of the molecule is Cc1[nH]nc(-c2ccc(S(=O)(=O)N3CCC(N4CCCCC4)CC3)s2)c1C. The van der Waals surface area contributed by atoms with Crippen LogP contribution in [0.4, 0.5) is 0 Å². The number of sulfonamides is 1. The summed E-state index contributed by atoms with van der Waals surface area (Å²) in [5, 5.41) is 7.30. The number of H-pyrrole nitrogens is 1. The van der Waals surface area contributed by atoms with Gasteiger partial charge in [-0.2, -0.15) is 9.40 Å². The van der Waals surface area contributed by atoms with Gasteiger partial charge in [0.05, 0.1) is 4.88 Å². The Hall–Kier alpha value is -1.22. The van der Waals surface area contributed by atoms with E-state index in [9.17, 15) is 8.42 Å². The Morgan fingerprint density at radius 1 is 1.07 bits per heavy atom. The van der Waals surface area contributed by atoms with Gasteiger partial charge in [-0.05, 0) is 70.3 Å². The Morgan fingerprint density at radius 3 is 2.41 bits per heavy atom. The highest BCUT2D eigenvalue weighted by Crippen LogP contribution is 2.34. The molecule has 0 radical (unpaired) electrons. The predicted octanol–water partition coefficient (Wildman–Crippen LogP) is 3.39. The van der Waals surface area contributed by atoms with E-state index in [0.29, 0.717) is 23.3 Å². The van der Waals surface area contributed by atoms with E-state index < -0.39 is 10.0 Å². The van der Waals surface area contributed by atoms with Gasteiger partial charge in [0, 0.05) is 24.8 Å². The number of aromatic amines is 1. The lowest BCUT2D eigenvalue weighted by Crippen LogP contribution is -2.48. The van der Waals surface area contributed by atoms with Crippen molar-refractivity contribution in [3.05, 3.63) is 23.4 Å². The molecule has 2 aliphatic heterocycles. The fourth-order valence-corrected chi connectivity index (χ4v) is 7.15. The molecule has 4 rings (SSSR count). The Kier molecular flexibility index (Phi) is 5.42. The third kappa shape index (κ3) is 3.72. The molecule has 2 fully saturated rings. The summed E-state index contributed by atoms with van der Waals surface area (Å²) in [6, 6.07) is 4.15. The van der Waals surface area contributed by atoms with Crippen LogP contribution in [0.3, 0.4) is 0 Å². The Balaban J connectivity index is 1.45. The molecule has 0 bridgehead atoms. The maximum atomic E-state index is 13.1. The Bertz CT molecular complexity index is 889. The molecule has 0 saturated carbocycles. The average Bonchev–Trinajstić information content (AvgIpc) is 3.31. The molecule has 0 unspecified atom stereocenters. The van der Waals surface area contributed by atoms with Gasteiger partial charge in [-0.1, -0.05) is 6.42 Å². The number of likely N-dealkylation sites (tertiary alicyclic amines) is 1. The van der Waals surface area contributed by atoms with Gasteiger partial charge in [0.15, 0.2) is 0 Å². The molecular formula is C19H28N4O2S2. The van der Waals surface area contributed by atoms with Crippen molar-refractivity contribution in [2.24, 2.45) is 0 Å². The summed E-state index contributed by atoms with van der Waals surface area (Å²) >= 11 is 1.32. The summed E-state index contributed by atoms with van der Waals surface area (Å²) in [5.74, 6) is 0. The average molecular weight is 409 g/mol. The first kappa shape index (κ1) is 19.1. The number of rotatable bonds is 4. The number of thiophene rings is 1. The quantitative estimate of drug-likeness (QED) is 0.842. The van der Waals surface area contributed by atoms with Gasteiger partial charge in [0.1, 0.15) is 9.90 Å². The third-order valence-electron chi connectivity index (χ3n) is 5.99. The van der Waals surface area contributed by atoms with Gasteiger partial charge in [-0.3, -0.25) is 5.10 Å².